The van der Waals surface area contributed by atoms with E-state index in [-0.39, 0.29) is 5.82 Å². The highest BCUT2D eigenvalue weighted by molar-refractivity contribution is 5.66. The van der Waals surface area contributed by atoms with Crippen molar-refractivity contribution >= 4 is 0 Å². The summed E-state index contributed by atoms with van der Waals surface area (Å²) < 4.78 is 14.7. The van der Waals surface area contributed by atoms with Gasteiger partial charge >= 0.3 is 0 Å². The van der Waals surface area contributed by atoms with Crippen molar-refractivity contribution in [1.82, 2.24) is 4.57 Å². The van der Waals surface area contributed by atoms with E-state index in [1.54, 1.807) is 12.1 Å². The highest BCUT2D eigenvalue weighted by atomic mass is 19.1. The average molecular weight is 189 g/mol. The summed E-state index contributed by atoms with van der Waals surface area (Å²) in [5.74, 6) is -0.192. The van der Waals surface area contributed by atoms with E-state index in [0.29, 0.717) is 0 Å². The van der Waals surface area contributed by atoms with Gasteiger partial charge in [-0.3, -0.25) is 0 Å². The van der Waals surface area contributed by atoms with Crippen molar-refractivity contribution in [1.29, 1.82) is 0 Å². The molecular formula is C12H12FN. The first-order valence-corrected chi connectivity index (χ1v) is 4.55. The molecular weight excluding hydrogens is 177 g/mol. The Balaban J connectivity index is 2.49. The number of rotatable bonds is 1. The fraction of sp³-hybridized carbons (Fsp3) is 0.167. The largest absolute Gasteiger partial charge is 0.356 e. The van der Waals surface area contributed by atoms with Gasteiger partial charge in [-0.05, 0) is 30.2 Å². The third-order valence-electron chi connectivity index (χ3n) is 2.31. The number of hydrogen-bond donors (Lipinski definition) is 0. The highest BCUT2D eigenvalue weighted by Gasteiger charge is 2.03. The van der Waals surface area contributed by atoms with E-state index in [1.807, 2.05) is 17.8 Å². The summed E-state index contributed by atoms with van der Waals surface area (Å²) in [6, 6.07) is 6.58. The summed E-state index contributed by atoms with van der Waals surface area (Å²) in [5, 5.41) is 0. The molecule has 0 saturated heterocycles. The van der Waals surface area contributed by atoms with E-state index in [1.165, 1.54) is 17.7 Å². The van der Waals surface area contributed by atoms with Crippen molar-refractivity contribution in [3.8, 4) is 11.1 Å². The zero-order chi connectivity index (χ0) is 10.1. The molecule has 1 aromatic heterocycles. The number of nitrogens with zero attached hydrogens (tertiary/aromatic N) is 1. The molecule has 0 bridgehead atoms. The molecule has 2 heteroatoms. The summed E-state index contributed by atoms with van der Waals surface area (Å²) in [6.45, 7) is 2.05. The molecule has 1 nitrogen and oxygen atoms in total. The van der Waals surface area contributed by atoms with E-state index < -0.39 is 0 Å². The van der Waals surface area contributed by atoms with Crippen molar-refractivity contribution in [2.75, 3.05) is 0 Å². The highest BCUT2D eigenvalue weighted by Crippen LogP contribution is 2.23. The van der Waals surface area contributed by atoms with Gasteiger partial charge in [0.05, 0.1) is 0 Å². The fourth-order valence-electron chi connectivity index (χ4n) is 1.65. The SMILES string of the molecule is Cc1cn(C)cc1-c1ccc(F)cc1. The van der Waals surface area contributed by atoms with Crippen LogP contribution in [-0.4, -0.2) is 4.57 Å². The van der Waals surface area contributed by atoms with Crippen LogP contribution in [0.2, 0.25) is 0 Å². The first-order chi connectivity index (χ1) is 6.66. The van der Waals surface area contributed by atoms with Crippen molar-refractivity contribution in [3.63, 3.8) is 0 Å². The third-order valence-corrected chi connectivity index (χ3v) is 2.31. The Bertz CT molecular complexity index is 440. The summed E-state index contributed by atoms with van der Waals surface area (Å²) in [4.78, 5) is 0. The molecule has 0 N–H and O–H groups in total. The molecule has 1 aromatic carbocycles. The Hall–Kier alpha value is -1.57. The van der Waals surface area contributed by atoms with Crippen LogP contribution in [0.25, 0.3) is 11.1 Å². The fourth-order valence-corrected chi connectivity index (χ4v) is 1.65. The molecule has 0 unspecified atom stereocenters. The summed E-state index contributed by atoms with van der Waals surface area (Å²) >= 11 is 0. The molecule has 0 aliphatic heterocycles. The number of hydrogen-bond acceptors (Lipinski definition) is 0. The molecule has 14 heavy (non-hydrogen) atoms. The molecule has 0 fully saturated rings. The molecule has 0 saturated carbocycles. The Kier molecular flexibility index (Phi) is 2.12. The second kappa shape index (κ2) is 3.29. The third kappa shape index (κ3) is 1.55. The summed E-state index contributed by atoms with van der Waals surface area (Å²) in [5.41, 5.74) is 3.43. The van der Waals surface area contributed by atoms with E-state index in [9.17, 15) is 4.39 Å². The van der Waals surface area contributed by atoms with Gasteiger partial charge in [-0.2, -0.15) is 0 Å². The van der Waals surface area contributed by atoms with Crippen molar-refractivity contribution in [2.45, 2.75) is 6.92 Å². The van der Waals surface area contributed by atoms with Gasteiger partial charge in [0.25, 0.3) is 0 Å². The monoisotopic (exact) mass is 189 g/mol. The lowest BCUT2D eigenvalue weighted by Crippen LogP contribution is -1.79. The predicted molar refractivity (Wildman–Crippen MR) is 55.5 cm³/mol. The Morgan fingerprint density at radius 2 is 1.71 bits per heavy atom. The lowest BCUT2D eigenvalue weighted by atomic mass is 10.1. The number of aromatic nitrogens is 1. The van der Waals surface area contributed by atoms with Crippen LogP contribution in [-0.2, 0) is 7.05 Å². The predicted octanol–water partition coefficient (Wildman–Crippen LogP) is 3.14. The van der Waals surface area contributed by atoms with Crippen LogP contribution in [0.5, 0.6) is 0 Å². The molecule has 0 radical (unpaired) electrons. The number of benzene rings is 1. The minimum atomic E-state index is -0.192. The van der Waals surface area contributed by atoms with E-state index in [0.717, 1.165) is 11.1 Å². The average Bonchev–Trinajstić information content (AvgIpc) is 2.47. The van der Waals surface area contributed by atoms with Crippen LogP contribution in [0.15, 0.2) is 36.7 Å². The summed E-state index contributed by atoms with van der Waals surface area (Å²) in [6.07, 6.45) is 4.10. The Labute approximate surface area is 82.8 Å². The lowest BCUT2D eigenvalue weighted by molar-refractivity contribution is 0.628. The van der Waals surface area contributed by atoms with Gasteiger partial charge in [-0.25, -0.2) is 4.39 Å². The van der Waals surface area contributed by atoms with Crippen molar-refractivity contribution in [3.05, 3.63) is 48.0 Å². The standard InChI is InChI=1S/C12H12FN/c1-9-7-14(2)8-12(9)10-3-5-11(13)6-4-10/h3-8H,1-2H3. The van der Waals surface area contributed by atoms with E-state index in [4.69, 9.17) is 0 Å². The van der Waals surface area contributed by atoms with Gasteiger partial charge in [-0.1, -0.05) is 12.1 Å². The number of aryl methyl sites for hydroxylation is 2. The molecule has 2 rings (SSSR count). The maximum Gasteiger partial charge on any atom is 0.123 e. The van der Waals surface area contributed by atoms with Gasteiger partial charge in [0.1, 0.15) is 5.82 Å². The molecule has 0 spiro atoms. The maximum atomic E-state index is 12.7. The minimum Gasteiger partial charge on any atom is -0.356 e. The van der Waals surface area contributed by atoms with Crippen molar-refractivity contribution < 1.29 is 4.39 Å². The molecule has 72 valence electrons. The molecule has 0 atom stereocenters. The van der Waals surface area contributed by atoms with Crippen LogP contribution in [0, 0.1) is 12.7 Å². The lowest BCUT2D eigenvalue weighted by Gasteiger charge is -1.99. The zero-order valence-electron chi connectivity index (χ0n) is 8.29. The molecule has 1 heterocycles. The van der Waals surface area contributed by atoms with Gasteiger partial charge in [0, 0.05) is 25.0 Å². The topological polar surface area (TPSA) is 4.93 Å². The van der Waals surface area contributed by atoms with Gasteiger partial charge in [0.15, 0.2) is 0 Å². The molecule has 2 aromatic rings. The minimum absolute atomic E-state index is 0.192. The Morgan fingerprint density at radius 1 is 1.07 bits per heavy atom. The normalized spacial score (nSPS) is 10.5. The molecule has 0 aliphatic carbocycles. The quantitative estimate of drug-likeness (QED) is 0.649. The van der Waals surface area contributed by atoms with Crippen LogP contribution in [0.1, 0.15) is 5.56 Å². The van der Waals surface area contributed by atoms with Crippen LogP contribution < -0.4 is 0 Å². The van der Waals surface area contributed by atoms with Crippen molar-refractivity contribution in [2.24, 2.45) is 7.05 Å². The van der Waals surface area contributed by atoms with Crippen LogP contribution in [0.3, 0.4) is 0 Å². The van der Waals surface area contributed by atoms with Gasteiger partial charge in [0.2, 0.25) is 0 Å². The van der Waals surface area contributed by atoms with Crippen LogP contribution >= 0.6 is 0 Å². The molecule has 0 aliphatic rings. The molecule has 0 amide bonds. The smallest absolute Gasteiger partial charge is 0.123 e. The first-order valence-electron chi connectivity index (χ1n) is 4.55. The zero-order valence-corrected chi connectivity index (χ0v) is 8.29. The second-order valence-corrected chi connectivity index (χ2v) is 3.53. The first kappa shape index (κ1) is 9.00. The second-order valence-electron chi connectivity index (χ2n) is 3.53. The Morgan fingerprint density at radius 3 is 2.21 bits per heavy atom. The number of halogens is 1. The van der Waals surface area contributed by atoms with Gasteiger partial charge < -0.3 is 4.57 Å². The van der Waals surface area contributed by atoms with E-state index in [2.05, 4.69) is 13.1 Å². The maximum absolute atomic E-state index is 12.7. The van der Waals surface area contributed by atoms with E-state index >= 15 is 0 Å². The van der Waals surface area contributed by atoms with Gasteiger partial charge in [-0.15, -0.1) is 0 Å². The van der Waals surface area contributed by atoms with Crippen LogP contribution in [0.4, 0.5) is 4.39 Å². The summed E-state index contributed by atoms with van der Waals surface area (Å²) in [7, 11) is 1.99.